The first-order valence-corrected chi connectivity index (χ1v) is 8.39. The molecule has 0 fully saturated rings. The molecule has 0 saturated heterocycles. The number of rotatable bonds is 7. The molecule has 0 aliphatic carbocycles. The number of hydrogen-bond donors (Lipinski definition) is 3. The lowest BCUT2D eigenvalue weighted by Gasteiger charge is -2.20. The molecule has 1 atom stereocenters. The SMILES string of the molecule is COc1cc(NCCNC(=O)CN2NC(C#N)C(C)=C2C)c(F)cc1Cl. The number of halogens is 2. The number of anilines is 1. The monoisotopic (exact) mass is 381 g/mol. The van der Waals surface area contributed by atoms with E-state index in [1.54, 1.807) is 5.01 Å². The summed E-state index contributed by atoms with van der Waals surface area (Å²) in [6.07, 6.45) is 0. The lowest BCUT2D eigenvalue weighted by atomic mass is 10.1. The van der Waals surface area contributed by atoms with Crippen molar-refractivity contribution in [2.75, 3.05) is 32.1 Å². The molecule has 1 unspecified atom stereocenters. The highest BCUT2D eigenvalue weighted by molar-refractivity contribution is 6.32. The first-order valence-electron chi connectivity index (χ1n) is 8.01. The van der Waals surface area contributed by atoms with Crippen molar-refractivity contribution in [1.82, 2.24) is 15.8 Å². The van der Waals surface area contributed by atoms with Gasteiger partial charge in [-0.1, -0.05) is 11.6 Å². The van der Waals surface area contributed by atoms with Gasteiger partial charge in [-0.15, -0.1) is 0 Å². The van der Waals surface area contributed by atoms with Crippen molar-refractivity contribution in [2.45, 2.75) is 19.9 Å². The summed E-state index contributed by atoms with van der Waals surface area (Å²) in [5.41, 5.74) is 4.96. The number of amides is 1. The van der Waals surface area contributed by atoms with E-state index in [4.69, 9.17) is 21.6 Å². The Morgan fingerprint density at radius 1 is 1.46 bits per heavy atom. The molecule has 140 valence electrons. The first kappa shape index (κ1) is 19.8. The average Bonchev–Trinajstić information content (AvgIpc) is 2.88. The van der Waals surface area contributed by atoms with Crippen LogP contribution in [0.15, 0.2) is 23.4 Å². The van der Waals surface area contributed by atoms with Gasteiger partial charge in [0.2, 0.25) is 5.91 Å². The first-order chi connectivity index (χ1) is 12.4. The molecule has 0 saturated carbocycles. The number of carbonyl (C=O) groups excluding carboxylic acids is 1. The van der Waals surface area contributed by atoms with Gasteiger partial charge < -0.3 is 20.4 Å². The van der Waals surface area contributed by atoms with Gasteiger partial charge in [0.15, 0.2) is 0 Å². The highest BCUT2D eigenvalue weighted by Crippen LogP contribution is 2.30. The summed E-state index contributed by atoms with van der Waals surface area (Å²) < 4.78 is 18.9. The molecule has 1 aliphatic heterocycles. The van der Waals surface area contributed by atoms with Gasteiger partial charge in [-0.25, -0.2) is 9.82 Å². The molecule has 0 spiro atoms. The number of benzene rings is 1. The molecule has 1 aliphatic rings. The molecule has 0 aromatic heterocycles. The molecule has 9 heteroatoms. The second-order valence-corrected chi connectivity index (χ2v) is 6.20. The van der Waals surface area contributed by atoms with Crippen molar-refractivity contribution < 1.29 is 13.9 Å². The van der Waals surface area contributed by atoms with E-state index in [1.165, 1.54) is 19.2 Å². The second-order valence-electron chi connectivity index (χ2n) is 5.79. The molecule has 0 radical (unpaired) electrons. The maximum absolute atomic E-state index is 13.8. The minimum absolute atomic E-state index is 0.0878. The predicted molar refractivity (Wildman–Crippen MR) is 97.1 cm³/mol. The van der Waals surface area contributed by atoms with Crippen LogP contribution in [0.5, 0.6) is 5.75 Å². The minimum Gasteiger partial charge on any atom is -0.495 e. The van der Waals surface area contributed by atoms with Crippen molar-refractivity contribution >= 4 is 23.2 Å². The van der Waals surface area contributed by atoms with E-state index in [1.807, 2.05) is 13.8 Å². The van der Waals surface area contributed by atoms with Crippen LogP contribution in [0.3, 0.4) is 0 Å². The van der Waals surface area contributed by atoms with Crippen LogP contribution in [-0.2, 0) is 4.79 Å². The van der Waals surface area contributed by atoms with Crippen LogP contribution >= 0.6 is 11.6 Å². The van der Waals surface area contributed by atoms with Crippen LogP contribution in [0.4, 0.5) is 10.1 Å². The Morgan fingerprint density at radius 2 is 2.19 bits per heavy atom. The number of ether oxygens (including phenoxy) is 1. The highest BCUT2D eigenvalue weighted by Gasteiger charge is 2.26. The quantitative estimate of drug-likeness (QED) is 0.626. The van der Waals surface area contributed by atoms with Crippen molar-refractivity contribution in [3.05, 3.63) is 34.2 Å². The zero-order valence-corrected chi connectivity index (χ0v) is 15.6. The Labute approximate surface area is 156 Å². The van der Waals surface area contributed by atoms with Gasteiger partial charge in [0.05, 0.1) is 23.9 Å². The molecule has 1 amide bonds. The van der Waals surface area contributed by atoms with Crippen molar-refractivity contribution in [3.8, 4) is 11.8 Å². The van der Waals surface area contributed by atoms with E-state index in [-0.39, 0.29) is 23.2 Å². The molecule has 0 bridgehead atoms. The van der Waals surface area contributed by atoms with Crippen LogP contribution in [0.25, 0.3) is 0 Å². The van der Waals surface area contributed by atoms with E-state index in [2.05, 4.69) is 22.1 Å². The molecule has 1 heterocycles. The summed E-state index contributed by atoms with van der Waals surface area (Å²) in [7, 11) is 1.45. The lowest BCUT2D eigenvalue weighted by molar-refractivity contribution is -0.122. The zero-order valence-electron chi connectivity index (χ0n) is 14.8. The van der Waals surface area contributed by atoms with Crippen molar-refractivity contribution in [3.63, 3.8) is 0 Å². The number of hydrazine groups is 1. The highest BCUT2D eigenvalue weighted by atomic mass is 35.5. The topological polar surface area (TPSA) is 89.4 Å². The summed E-state index contributed by atoms with van der Waals surface area (Å²) in [6, 6.07) is 4.35. The maximum atomic E-state index is 13.8. The Kier molecular flexibility index (Phi) is 6.66. The fourth-order valence-corrected chi connectivity index (χ4v) is 2.71. The second kappa shape index (κ2) is 8.74. The van der Waals surface area contributed by atoms with Crippen LogP contribution < -0.4 is 20.8 Å². The number of nitrogens with one attached hydrogen (secondary N) is 3. The minimum atomic E-state index is -0.498. The number of nitrogens with zero attached hydrogens (tertiary/aromatic N) is 2. The standard InChI is InChI=1S/C17H21ClFN5O2/c1-10-11(2)24(23-15(10)8-20)9-17(25)22-5-4-21-14-7-16(26-3)12(18)6-13(14)19/h6-7,15,21,23H,4-5,9H2,1-3H3,(H,22,25). The van der Waals surface area contributed by atoms with Gasteiger partial charge in [-0.2, -0.15) is 5.26 Å². The predicted octanol–water partition coefficient (Wildman–Crippen LogP) is 2.02. The van der Waals surface area contributed by atoms with Gasteiger partial charge in [-0.05, 0) is 25.5 Å². The molecule has 1 aromatic carbocycles. The normalized spacial score (nSPS) is 16.5. The molecule has 3 N–H and O–H groups in total. The molecule has 26 heavy (non-hydrogen) atoms. The Morgan fingerprint density at radius 3 is 2.81 bits per heavy atom. The van der Waals surface area contributed by atoms with Crippen molar-refractivity contribution in [2.24, 2.45) is 0 Å². The van der Waals surface area contributed by atoms with E-state index in [9.17, 15) is 9.18 Å². The molecule has 1 aromatic rings. The van der Waals surface area contributed by atoms with Gasteiger partial charge in [0.1, 0.15) is 24.2 Å². The summed E-state index contributed by atoms with van der Waals surface area (Å²) in [5, 5.41) is 16.5. The number of allylic oxidation sites excluding steroid dienone is 1. The fourth-order valence-electron chi connectivity index (χ4n) is 2.48. The lowest BCUT2D eigenvalue weighted by Crippen LogP contribution is -2.44. The third-order valence-electron chi connectivity index (χ3n) is 4.13. The Balaban J connectivity index is 1.79. The van der Waals surface area contributed by atoms with E-state index in [0.29, 0.717) is 18.8 Å². The summed E-state index contributed by atoms with van der Waals surface area (Å²) in [5.74, 6) is -0.342. The number of nitriles is 1. The van der Waals surface area contributed by atoms with Crippen LogP contribution in [-0.4, -0.2) is 43.7 Å². The smallest absolute Gasteiger partial charge is 0.241 e. The Hall–Kier alpha value is -2.50. The third-order valence-corrected chi connectivity index (χ3v) is 4.42. The molecular weight excluding hydrogens is 361 g/mol. The van der Waals surface area contributed by atoms with E-state index < -0.39 is 11.9 Å². The molecular formula is C17H21ClFN5O2. The summed E-state index contributed by atoms with van der Waals surface area (Å²) in [6.45, 7) is 4.43. The van der Waals surface area contributed by atoms with Gasteiger partial charge >= 0.3 is 0 Å². The average molecular weight is 382 g/mol. The van der Waals surface area contributed by atoms with Crippen LogP contribution in [0.1, 0.15) is 13.8 Å². The molecule has 2 rings (SSSR count). The van der Waals surface area contributed by atoms with Crippen LogP contribution in [0, 0.1) is 17.1 Å². The van der Waals surface area contributed by atoms with Gasteiger partial charge in [-0.3, -0.25) is 4.79 Å². The number of carbonyl (C=O) groups is 1. The zero-order chi connectivity index (χ0) is 19.3. The van der Waals surface area contributed by atoms with E-state index >= 15 is 0 Å². The molecule has 7 nitrogen and oxygen atoms in total. The fraction of sp³-hybridized carbons (Fsp3) is 0.412. The van der Waals surface area contributed by atoms with E-state index in [0.717, 1.165) is 11.3 Å². The van der Waals surface area contributed by atoms with Crippen LogP contribution in [0.2, 0.25) is 5.02 Å². The maximum Gasteiger partial charge on any atom is 0.241 e. The summed E-state index contributed by atoms with van der Waals surface area (Å²) >= 11 is 5.84. The largest absolute Gasteiger partial charge is 0.495 e. The summed E-state index contributed by atoms with van der Waals surface area (Å²) in [4.78, 5) is 12.0. The number of methoxy groups -OCH3 is 1. The van der Waals surface area contributed by atoms with Crippen molar-refractivity contribution in [1.29, 1.82) is 5.26 Å². The Bertz CT molecular complexity index is 762. The third kappa shape index (κ3) is 4.56. The van der Waals surface area contributed by atoms with Gasteiger partial charge in [0, 0.05) is 24.9 Å². The number of hydrogen-bond acceptors (Lipinski definition) is 6. The van der Waals surface area contributed by atoms with Gasteiger partial charge in [0.25, 0.3) is 0 Å².